The standard InChI is InChI=1S/C16H16FNO2/c1-11(2)20-15-6-4-3-5-14(15)16(19)18-13-9-7-12(17)8-10-13/h3-11H,1-2H3,(H,18,19). The quantitative estimate of drug-likeness (QED) is 0.918. The van der Waals surface area contributed by atoms with Gasteiger partial charge in [-0.05, 0) is 50.2 Å². The van der Waals surface area contributed by atoms with Crippen LogP contribution in [0, 0.1) is 5.82 Å². The van der Waals surface area contributed by atoms with Crippen LogP contribution in [0.4, 0.5) is 10.1 Å². The summed E-state index contributed by atoms with van der Waals surface area (Å²) in [6.45, 7) is 3.79. The third-order valence-corrected chi connectivity index (χ3v) is 2.60. The second-order valence-corrected chi connectivity index (χ2v) is 4.62. The first-order valence-corrected chi connectivity index (χ1v) is 6.39. The minimum Gasteiger partial charge on any atom is -0.490 e. The lowest BCUT2D eigenvalue weighted by molar-refractivity contribution is 0.102. The van der Waals surface area contributed by atoms with Crippen molar-refractivity contribution in [2.24, 2.45) is 0 Å². The average molecular weight is 273 g/mol. The lowest BCUT2D eigenvalue weighted by atomic mass is 10.1. The minimum atomic E-state index is -0.341. The summed E-state index contributed by atoms with van der Waals surface area (Å²) in [6.07, 6.45) is -0.0187. The molecule has 3 nitrogen and oxygen atoms in total. The molecule has 2 aromatic carbocycles. The van der Waals surface area contributed by atoms with Crippen LogP contribution in [0.15, 0.2) is 48.5 Å². The predicted molar refractivity (Wildman–Crippen MR) is 76.6 cm³/mol. The van der Waals surface area contributed by atoms with Gasteiger partial charge >= 0.3 is 0 Å². The molecule has 0 saturated carbocycles. The normalized spacial score (nSPS) is 10.4. The molecule has 0 atom stereocenters. The van der Waals surface area contributed by atoms with Crippen molar-refractivity contribution >= 4 is 11.6 Å². The van der Waals surface area contributed by atoms with Crippen molar-refractivity contribution in [1.82, 2.24) is 0 Å². The number of nitrogens with one attached hydrogen (secondary N) is 1. The van der Waals surface area contributed by atoms with Gasteiger partial charge < -0.3 is 10.1 Å². The summed E-state index contributed by atoms with van der Waals surface area (Å²) in [6, 6.07) is 12.6. The summed E-state index contributed by atoms with van der Waals surface area (Å²) in [5.74, 6) is -0.0958. The van der Waals surface area contributed by atoms with Gasteiger partial charge in [0.1, 0.15) is 11.6 Å². The molecule has 2 rings (SSSR count). The van der Waals surface area contributed by atoms with Crippen molar-refractivity contribution in [2.45, 2.75) is 20.0 Å². The fourth-order valence-electron chi connectivity index (χ4n) is 1.74. The van der Waals surface area contributed by atoms with E-state index in [4.69, 9.17) is 4.74 Å². The van der Waals surface area contributed by atoms with Gasteiger partial charge in [0.05, 0.1) is 11.7 Å². The number of para-hydroxylation sites is 1. The van der Waals surface area contributed by atoms with Crippen molar-refractivity contribution in [3.8, 4) is 5.75 Å². The molecular formula is C16H16FNO2. The molecule has 1 N–H and O–H groups in total. The number of benzene rings is 2. The number of hydrogen-bond acceptors (Lipinski definition) is 2. The van der Waals surface area contributed by atoms with Gasteiger partial charge in [0, 0.05) is 5.69 Å². The topological polar surface area (TPSA) is 38.3 Å². The van der Waals surface area contributed by atoms with Gasteiger partial charge in [-0.25, -0.2) is 4.39 Å². The first-order chi connectivity index (χ1) is 9.56. The summed E-state index contributed by atoms with van der Waals surface area (Å²) in [7, 11) is 0. The Balaban J connectivity index is 2.18. The monoisotopic (exact) mass is 273 g/mol. The molecule has 4 heteroatoms. The zero-order valence-electron chi connectivity index (χ0n) is 11.4. The molecule has 0 fully saturated rings. The van der Waals surface area contributed by atoms with Gasteiger partial charge in [0.15, 0.2) is 0 Å². The Hall–Kier alpha value is -2.36. The molecule has 2 aromatic rings. The van der Waals surface area contributed by atoms with Crippen LogP contribution < -0.4 is 10.1 Å². The summed E-state index contributed by atoms with van der Waals surface area (Å²) in [5, 5.41) is 2.71. The zero-order valence-corrected chi connectivity index (χ0v) is 11.4. The predicted octanol–water partition coefficient (Wildman–Crippen LogP) is 3.87. The van der Waals surface area contributed by atoms with Gasteiger partial charge in [-0.3, -0.25) is 4.79 Å². The molecule has 0 spiro atoms. The smallest absolute Gasteiger partial charge is 0.259 e. The Kier molecular flexibility index (Phi) is 4.35. The fraction of sp³-hybridized carbons (Fsp3) is 0.188. The second-order valence-electron chi connectivity index (χ2n) is 4.62. The van der Waals surface area contributed by atoms with Gasteiger partial charge in [0.2, 0.25) is 0 Å². The maximum absolute atomic E-state index is 12.8. The van der Waals surface area contributed by atoms with Gasteiger partial charge in [-0.15, -0.1) is 0 Å². The zero-order chi connectivity index (χ0) is 14.5. The first kappa shape index (κ1) is 14.1. The average Bonchev–Trinajstić information content (AvgIpc) is 2.41. The largest absolute Gasteiger partial charge is 0.490 e. The van der Waals surface area contributed by atoms with E-state index < -0.39 is 0 Å². The van der Waals surface area contributed by atoms with Crippen molar-refractivity contribution in [1.29, 1.82) is 0 Å². The number of rotatable bonds is 4. The number of anilines is 1. The Bertz CT molecular complexity index is 594. The highest BCUT2D eigenvalue weighted by Crippen LogP contribution is 2.21. The number of amides is 1. The van der Waals surface area contributed by atoms with E-state index >= 15 is 0 Å². The van der Waals surface area contributed by atoms with E-state index in [-0.39, 0.29) is 17.8 Å². The molecule has 0 bridgehead atoms. The van der Waals surface area contributed by atoms with E-state index in [9.17, 15) is 9.18 Å². The van der Waals surface area contributed by atoms with Crippen LogP contribution in [-0.2, 0) is 0 Å². The Morgan fingerprint density at radius 3 is 2.40 bits per heavy atom. The third kappa shape index (κ3) is 3.57. The van der Waals surface area contributed by atoms with E-state index in [1.165, 1.54) is 24.3 Å². The van der Waals surface area contributed by atoms with E-state index in [1.54, 1.807) is 18.2 Å². The van der Waals surface area contributed by atoms with Crippen LogP contribution in [0.1, 0.15) is 24.2 Å². The molecule has 0 heterocycles. The fourth-order valence-corrected chi connectivity index (χ4v) is 1.74. The molecule has 0 aromatic heterocycles. The van der Waals surface area contributed by atoms with Crippen molar-refractivity contribution in [3.05, 3.63) is 59.9 Å². The molecule has 1 amide bonds. The van der Waals surface area contributed by atoms with Gasteiger partial charge in [0.25, 0.3) is 5.91 Å². The maximum Gasteiger partial charge on any atom is 0.259 e. The molecule has 20 heavy (non-hydrogen) atoms. The van der Waals surface area contributed by atoms with Crippen LogP contribution in [0.2, 0.25) is 0 Å². The van der Waals surface area contributed by atoms with Crippen LogP contribution in [0.5, 0.6) is 5.75 Å². The highest BCUT2D eigenvalue weighted by atomic mass is 19.1. The molecule has 0 aliphatic carbocycles. The lowest BCUT2D eigenvalue weighted by Crippen LogP contribution is -2.15. The SMILES string of the molecule is CC(C)Oc1ccccc1C(=O)Nc1ccc(F)cc1. The number of hydrogen-bond donors (Lipinski definition) is 1. The minimum absolute atomic E-state index is 0.0187. The molecule has 0 unspecified atom stereocenters. The van der Waals surface area contributed by atoms with Crippen LogP contribution in [0.3, 0.4) is 0 Å². The van der Waals surface area contributed by atoms with E-state index in [0.29, 0.717) is 17.0 Å². The first-order valence-electron chi connectivity index (χ1n) is 6.39. The summed E-state index contributed by atoms with van der Waals surface area (Å²) < 4.78 is 18.4. The third-order valence-electron chi connectivity index (χ3n) is 2.60. The molecule has 0 aliphatic rings. The van der Waals surface area contributed by atoms with E-state index in [2.05, 4.69) is 5.32 Å². The summed E-state index contributed by atoms with van der Waals surface area (Å²) in [4.78, 5) is 12.2. The Morgan fingerprint density at radius 1 is 1.10 bits per heavy atom. The van der Waals surface area contributed by atoms with Gasteiger partial charge in [-0.2, -0.15) is 0 Å². The number of carbonyl (C=O) groups excluding carboxylic acids is 1. The Labute approximate surface area is 117 Å². The van der Waals surface area contributed by atoms with Crippen LogP contribution in [-0.4, -0.2) is 12.0 Å². The van der Waals surface area contributed by atoms with Crippen LogP contribution in [0.25, 0.3) is 0 Å². The Morgan fingerprint density at radius 2 is 1.75 bits per heavy atom. The van der Waals surface area contributed by atoms with Gasteiger partial charge in [-0.1, -0.05) is 12.1 Å². The van der Waals surface area contributed by atoms with E-state index in [1.807, 2.05) is 19.9 Å². The number of ether oxygens (including phenoxy) is 1. The highest BCUT2D eigenvalue weighted by Gasteiger charge is 2.13. The summed E-state index contributed by atoms with van der Waals surface area (Å²) in [5.41, 5.74) is 0.987. The van der Waals surface area contributed by atoms with Crippen molar-refractivity contribution < 1.29 is 13.9 Å². The van der Waals surface area contributed by atoms with Crippen LogP contribution >= 0.6 is 0 Å². The lowest BCUT2D eigenvalue weighted by Gasteiger charge is -2.14. The highest BCUT2D eigenvalue weighted by molar-refractivity contribution is 6.06. The van der Waals surface area contributed by atoms with E-state index in [0.717, 1.165) is 0 Å². The molecule has 0 saturated heterocycles. The molecule has 0 radical (unpaired) electrons. The summed E-state index contributed by atoms with van der Waals surface area (Å²) >= 11 is 0. The molecule has 0 aliphatic heterocycles. The second kappa shape index (κ2) is 6.19. The number of halogens is 1. The maximum atomic E-state index is 12.8. The molecular weight excluding hydrogens is 257 g/mol. The van der Waals surface area contributed by atoms with Crippen molar-refractivity contribution in [3.63, 3.8) is 0 Å². The number of carbonyl (C=O) groups is 1. The van der Waals surface area contributed by atoms with Crippen molar-refractivity contribution in [2.75, 3.05) is 5.32 Å². The molecule has 104 valence electrons.